The second kappa shape index (κ2) is 4.01. The van der Waals surface area contributed by atoms with Gasteiger partial charge in [0.05, 0.1) is 11.7 Å². The first kappa shape index (κ1) is 10.1. The number of hydrogen-bond donors (Lipinski definition) is 2. The number of rotatable bonds is 3. The van der Waals surface area contributed by atoms with Gasteiger partial charge in [-0.2, -0.15) is 0 Å². The zero-order chi connectivity index (χ0) is 10.0. The summed E-state index contributed by atoms with van der Waals surface area (Å²) in [5, 5.41) is 22.1. The van der Waals surface area contributed by atoms with E-state index in [-0.39, 0.29) is 0 Å². The Kier molecular flexibility index (Phi) is 2.91. The van der Waals surface area contributed by atoms with Crippen LogP contribution in [0.3, 0.4) is 0 Å². The highest BCUT2D eigenvalue weighted by atomic mass is 32.1. The Bertz CT molecular complexity index is 275. The van der Waals surface area contributed by atoms with Gasteiger partial charge in [-0.1, -0.05) is 18.9 Å². The first-order valence-electron chi connectivity index (χ1n) is 5.13. The Labute approximate surface area is 88.2 Å². The molecule has 1 unspecified atom stereocenters. The van der Waals surface area contributed by atoms with Crippen molar-refractivity contribution in [3.05, 3.63) is 22.4 Å². The average Bonchev–Trinajstić information content (AvgIpc) is 2.76. The quantitative estimate of drug-likeness (QED) is 0.804. The van der Waals surface area contributed by atoms with Crippen molar-refractivity contribution in [1.29, 1.82) is 0 Å². The van der Waals surface area contributed by atoms with Gasteiger partial charge in [0.1, 0.15) is 0 Å². The Hall–Kier alpha value is -0.380. The average molecular weight is 212 g/mol. The lowest BCUT2D eigenvalue weighted by Gasteiger charge is -2.28. The van der Waals surface area contributed by atoms with E-state index >= 15 is 0 Å². The molecule has 78 valence electrons. The van der Waals surface area contributed by atoms with Crippen LogP contribution in [0.1, 0.15) is 30.6 Å². The maximum atomic E-state index is 10.1. The van der Waals surface area contributed by atoms with Gasteiger partial charge in [-0.25, -0.2) is 0 Å². The van der Waals surface area contributed by atoms with Gasteiger partial charge >= 0.3 is 0 Å². The Morgan fingerprint density at radius 1 is 1.43 bits per heavy atom. The predicted octanol–water partition coefficient (Wildman–Crippen LogP) is 1.96. The summed E-state index contributed by atoms with van der Waals surface area (Å²) in [4.78, 5) is 1.15. The summed E-state index contributed by atoms with van der Waals surface area (Å²) in [5.74, 6) is 0. The van der Waals surface area contributed by atoms with E-state index in [1.807, 2.05) is 17.5 Å². The van der Waals surface area contributed by atoms with E-state index in [1.165, 1.54) is 0 Å². The van der Waals surface area contributed by atoms with E-state index in [0.717, 1.165) is 30.6 Å². The Morgan fingerprint density at radius 2 is 2.14 bits per heavy atom. The largest absolute Gasteiger partial charge is 0.390 e. The lowest BCUT2D eigenvalue weighted by molar-refractivity contribution is -0.0686. The predicted molar refractivity (Wildman–Crippen MR) is 57.4 cm³/mol. The molecule has 2 nitrogen and oxygen atoms in total. The van der Waals surface area contributed by atoms with Crippen molar-refractivity contribution in [3.8, 4) is 0 Å². The summed E-state index contributed by atoms with van der Waals surface area (Å²) >= 11 is 1.64. The van der Waals surface area contributed by atoms with E-state index < -0.39 is 11.7 Å². The van der Waals surface area contributed by atoms with Crippen LogP contribution in [0, 0.1) is 0 Å². The van der Waals surface area contributed by atoms with Gasteiger partial charge in [-0.05, 0) is 24.3 Å². The fourth-order valence-corrected chi connectivity index (χ4v) is 2.87. The molecular formula is C11H16O2S. The van der Waals surface area contributed by atoms with Crippen molar-refractivity contribution in [2.24, 2.45) is 0 Å². The molecule has 14 heavy (non-hydrogen) atoms. The maximum Gasteiger partial charge on any atom is 0.0909 e. The minimum Gasteiger partial charge on any atom is -0.390 e. The van der Waals surface area contributed by atoms with E-state index in [9.17, 15) is 10.2 Å². The van der Waals surface area contributed by atoms with Crippen LogP contribution in [0.15, 0.2) is 17.5 Å². The first-order chi connectivity index (χ1) is 6.71. The highest BCUT2D eigenvalue weighted by molar-refractivity contribution is 7.09. The summed E-state index contributed by atoms with van der Waals surface area (Å²) in [6.45, 7) is 0. The fraction of sp³-hybridized carbons (Fsp3) is 0.636. The fourth-order valence-electron chi connectivity index (χ4n) is 2.13. The van der Waals surface area contributed by atoms with Gasteiger partial charge in [0.25, 0.3) is 0 Å². The molecule has 1 atom stereocenters. The summed E-state index contributed by atoms with van der Waals surface area (Å²) in [6, 6.07) is 3.98. The maximum absolute atomic E-state index is 10.1. The second-order valence-corrected chi connectivity index (χ2v) is 5.14. The van der Waals surface area contributed by atoms with E-state index in [0.29, 0.717) is 6.42 Å². The zero-order valence-electron chi connectivity index (χ0n) is 8.15. The minimum absolute atomic E-state index is 0.591. The lowest BCUT2D eigenvalue weighted by Crippen LogP contribution is -2.40. The van der Waals surface area contributed by atoms with Gasteiger partial charge in [-0.3, -0.25) is 0 Å². The van der Waals surface area contributed by atoms with Crippen molar-refractivity contribution in [2.75, 3.05) is 0 Å². The molecule has 1 aliphatic rings. The van der Waals surface area contributed by atoms with Crippen molar-refractivity contribution >= 4 is 11.3 Å². The van der Waals surface area contributed by atoms with Crippen molar-refractivity contribution in [3.63, 3.8) is 0 Å². The van der Waals surface area contributed by atoms with Gasteiger partial charge in [0.15, 0.2) is 0 Å². The molecule has 0 aliphatic heterocycles. The summed E-state index contributed by atoms with van der Waals surface area (Å²) in [6.07, 6.45) is 3.58. The molecule has 1 aromatic rings. The molecule has 1 saturated carbocycles. The normalized spacial score (nSPS) is 22.4. The molecule has 0 saturated heterocycles. The number of aliphatic hydroxyl groups excluding tert-OH is 1. The molecule has 0 aromatic carbocycles. The molecule has 2 rings (SSSR count). The molecular weight excluding hydrogens is 196 g/mol. The number of aliphatic hydroxyl groups is 2. The minimum atomic E-state index is -0.815. The van der Waals surface area contributed by atoms with Gasteiger partial charge in [-0.15, -0.1) is 11.3 Å². The summed E-state index contributed by atoms with van der Waals surface area (Å²) in [7, 11) is 0. The lowest BCUT2D eigenvalue weighted by atomic mass is 9.92. The van der Waals surface area contributed by atoms with Crippen molar-refractivity contribution < 1.29 is 10.2 Å². The molecule has 1 heterocycles. The molecule has 2 N–H and O–H groups in total. The second-order valence-electron chi connectivity index (χ2n) is 4.11. The van der Waals surface area contributed by atoms with E-state index in [1.54, 1.807) is 11.3 Å². The standard InChI is InChI=1S/C11H16O2S/c12-10(8-9-4-3-7-14-9)11(13)5-1-2-6-11/h3-4,7,10,12-13H,1-2,5-6,8H2. The molecule has 0 spiro atoms. The third kappa shape index (κ3) is 2.00. The highest BCUT2D eigenvalue weighted by Gasteiger charge is 2.38. The molecule has 1 aliphatic carbocycles. The molecule has 0 bridgehead atoms. The van der Waals surface area contributed by atoms with Gasteiger partial charge in [0, 0.05) is 11.3 Å². The topological polar surface area (TPSA) is 40.5 Å². The van der Waals surface area contributed by atoms with E-state index in [4.69, 9.17) is 0 Å². The van der Waals surface area contributed by atoms with Crippen LogP contribution in [-0.4, -0.2) is 21.9 Å². The third-order valence-electron chi connectivity index (χ3n) is 3.06. The van der Waals surface area contributed by atoms with Crippen LogP contribution in [0.5, 0.6) is 0 Å². The zero-order valence-corrected chi connectivity index (χ0v) is 8.96. The van der Waals surface area contributed by atoms with Crippen LogP contribution in [0.25, 0.3) is 0 Å². The van der Waals surface area contributed by atoms with Crippen LogP contribution < -0.4 is 0 Å². The molecule has 0 amide bonds. The smallest absolute Gasteiger partial charge is 0.0909 e. The summed E-state index contributed by atoms with van der Waals surface area (Å²) in [5.41, 5.74) is -0.815. The Balaban J connectivity index is 1.98. The van der Waals surface area contributed by atoms with E-state index in [2.05, 4.69) is 0 Å². The first-order valence-corrected chi connectivity index (χ1v) is 6.01. The monoisotopic (exact) mass is 212 g/mol. The van der Waals surface area contributed by atoms with Crippen LogP contribution in [0.4, 0.5) is 0 Å². The third-order valence-corrected chi connectivity index (χ3v) is 3.96. The molecule has 3 heteroatoms. The SMILES string of the molecule is OC(Cc1cccs1)C1(O)CCCC1. The number of thiophene rings is 1. The molecule has 1 fully saturated rings. The Morgan fingerprint density at radius 3 is 2.71 bits per heavy atom. The van der Waals surface area contributed by atoms with Crippen LogP contribution in [0.2, 0.25) is 0 Å². The molecule has 1 aromatic heterocycles. The van der Waals surface area contributed by atoms with Crippen LogP contribution >= 0.6 is 11.3 Å². The summed E-state index contributed by atoms with van der Waals surface area (Å²) < 4.78 is 0. The van der Waals surface area contributed by atoms with Crippen molar-refractivity contribution in [1.82, 2.24) is 0 Å². The van der Waals surface area contributed by atoms with Crippen molar-refractivity contribution in [2.45, 2.75) is 43.8 Å². The number of hydrogen-bond acceptors (Lipinski definition) is 3. The van der Waals surface area contributed by atoms with Crippen LogP contribution in [-0.2, 0) is 6.42 Å². The highest BCUT2D eigenvalue weighted by Crippen LogP contribution is 2.34. The van der Waals surface area contributed by atoms with Gasteiger partial charge in [0.2, 0.25) is 0 Å². The molecule has 0 radical (unpaired) electrons. The van der Waals surface area contributed by atoms with Gasteiger partial charge < -0.3 is 10.2 Å².